The Morgan fingerprint density at radius 3 is 2.53 bits per heavy atom. The zero-order valence-electron chi connectivity index (χ0n) is 16.6. The second kappa shape index (κ2) is 11.8. The molecule has 0 aliphatic carbocycles. The van der Waals surface area contributed by atoms with Gasteiger partial charge in [0.1, 0.15) is 5.82 Å². The van der Waals surface area contributed by atoms with E-state index >= 15 is 0 Å². The maximum absolute atomic E-state index is 13.6. The fraction of sp³-hybridized carbons (Fsp3) is 0.316. The molecule has 2 N–H and O–H groups in total. The third-order valence-corrected chi connectivity index (χ3v) is 4.75. The summed E-state index contributed by atoms with van der Waals surface area (Å²) in [4.78, 5) is 14.8. The SMILES string of the molecule is CCNC(=NCc1cccc([N+](=O)[O-])c1)NCc1cc(F)ccc1CS(C)(=O)=O.I. The van der Waals surface area contributed by atoms with Crippen LogP contribution in [-0.4, -0.2) is 32.1 Å². The summed E-state index contributed by atoms with van der Waals surface area (Å²) >= 11 is 0. The summed E-state index contributed by atoms with van der Waals surface area (Å²) in [6, 6.07) is 10.2. The molecule has 0 bridgehead atoms. The van der Waals surface area contributed by atoms with Crippen LogP contribution >= 0.6 is 24.0 Å². The molecular formula is C19H24FIN4O4S. The molecule has 0 fully saturated rings. The summed E-state index contributed by atoms with van der Waals surface area (Å²) in [6.07, 6.45) is 1.12. The molecule has 0 spiro atoms. The van der Waals surface area contributed by atoms with E-state index < -0.39 is 20.6 Å². The average Bonchev–Trinajstić information content (AvgIpc) is 2.65. The minimum atomic E-state index is -3.27. The van der Waals surface area contributed by atoms with Crippen molar-refractivity contribution in [1.29, 1.82) is 0 Å². The summed E-state index contributed by atoms with van der Waals surface area (Å²) in [5, 5.41) is 17.0. The molecule has 0 aliphatic rings. The number of nitro benzene ring substituents is 1. The van der Waals surface area contributed by atoms with Crippen molar-refractivity contribution in [2.45, 2.75) is 25.8 Å². The van der Waals surface area contributed by atoms with Gasteiger partial charge in [0.25, 0.3) is 5.69 Å². The Morgan fingerprint density at radius 1 is 1.17 bits per heavy atom. The Labute approximate surface area is 192 Å². The van der Waals surface area contributed by atoms with E-state index in [0.29, 0.717) is 29.2 Å². The number of halogens is 2. The number of guanidine groups is 1. The van der Waals surface area contributed by atoms with Gasteiger partial charge in [-0.15, -0.1) is 24.0 Å². The molecule has 0 heterocycles. The van der Waals surface area contributed by atoms with Crippen molar-refractivity contribution in [1.82, 2.24) is 10.6 Å². The van der Waals surface area contributed by atoms with E-state index in [2.05, 4.69) is 15.6 Å². The number of hydrogen-bond donors (Lipinski definition) is 2. The first-order valence-electron chi connectivity index (χ1n) is 8.88. The van der Waals surface area contributed by atoms with E-state index in [1.807, 2.05) is 6.92 Å². The number of nitro groups is 1. The van der Waals surface area contributed by atoms with E-state index in [4.69, 9.17) is 0 Å². The third kappa shape index (κ3) is 8.61. The van der Waals surface area contributed by atoms with Crippen LogP contribution in [0.1, 0.15) is 23.6 Å². The number of rotatable bonds is 8. The molecule has 0 saturated carbocycles. The Morgan fingerprint density at radius 2 is 1.90 bits per heavy atom. The zero-order chi connectivity index (χ0) is 21.4. The van der Waals surface area contributed by atoms with Crippen LogP contribution in [0, 0.1) is 15.9 Å². The van der Waals surface area contributed by atoms with Crippen molar-refractivity contribution in [3.8, 4) is 0 Å². The Kier molecular flexibility index (Phi) is 10.1. The van der Waals surface area contributed by atoms with E-state index in [0.717, 1.165) is 6.26 Å². The minimum absolute atomic E-state index is 0. The van der Waals surface area contributed by atoms with Gasteiger partial charge in [0.2, 0.25) is 0 Å². The predicted octanol–water partition coefficient (Wildman–Crippen LogP) is 3.15. The molecule has 2 aromatic carbocycles. The first-order chi connectivity index (χ1) is 13.7. The Bertz CT molecular complexity index is 1020. The smallest absolute Gasteiger partial charge is 0.269 e. The number of non-ortho nitro benzene ring substituents is 1. The van der Waals surface area contributed by atoms with Gasteiger partial charge in [-0.2, -0.15) is 0 Å². The van der Waals surface area contributed by atoms with Gasteiger partial charge in [0.15, 0.2) is 15.8 Å². The molecule has 0 aliphatic heterocycles. The summed E-state index contributed by atoms with van der Waals surface area (Å²) in [7, 11) is -3.27. The van der Waals surface area contributed by atoms with Gasteiger partial charge in [0, 0.05) is 31.5 Å². The van der Waals surface area contributed by atoms with Crippen LogP contribution in [0.4, 0.5) is 10.1 Å². The van der Waals surface area contributed by atoms with Crippen LogP contribution < -0.4 is 10.6 Å². The maximum Gasteiger partial charge on any atom is 0.269 e. The lowest BCUT2D eigenvalue weighted by Gasteiger charge is -2.14. The molecule has 11 heteroatoms. The highest BCUT2D eigenvalue weighted by molar-refractivity contribution is 14.0. The van der Waals surface area contributed by atoms with Gasteiger partial charge in [-0.25, -0.2) is 17.8 Å². The number of hydrogen-bond acceptors (Lipinski definition) is 5. The molecule has 2 aromatic rings. The number of aliphatic imine (C=N–C) groups is 1. The molecule has 0 radical (unpaired) electrons. The minimum Gasteiger partial charge on any atom is -0.357 e. The van der Waals surface area contributed by atoms with Crippen molar-refractivity contribution < 1.29 is 17.7 Å². The third-order valence-electron chi connectivity index (χ3n) is 3.92. The van der Waals surface area contributed by atoms with Crippen molar-refractivity contribution in [2.24, 2.45) is 4.99 Å². The fourth-order valence-corrected chi connectivity index (χ4v) is 3.49. The van der Waals surface area contributed by atoms with Crippen molar-refractivity contribution >= 4 is 45.5 Å². The Hall–Kier alpha value is -2.28. The topological polar surface area (TPSA) is 114 Å². The molecule has 0 aromatic heterocycles. The van der Waals surface area contributed by atoms with Crippen molar-refractivity contribution in [3.63, 3.8) is 0 Å². The van der Waals surface area contributed by atoms with E-state index in [1.54, 1.807) is 12.1 Å². The molecule has 8 nitrogen and oxygen atoms in total. The highest BCUT2D eigenvalue weighted by atomic mass is 127. The van der Waals surface area contributed by atoms with Gasteiger partial charge in [-0.3, -0.25) is 10.1 Å². The predicted molar refractivity (Wildman–Crippen MR) is 125 cm³/mol. The summed E-state index contributed by atoms with van der Waals surface area (Å²) in [6.45, 7) is 2.82. The van der Waals surface area contributed by atoms with E-state index in [-0.39, 0.29) is 48.5 Å². The second-order valence-corrected chi connectivity index (χ2v) is 8.60. The van der Waals surface area contributed by atoms with Crippen LogP contribution in [-0.2, 0) is 28.7 Å². The van der Waals surface area contributed by atoms with Crippen LogP contribution in [0.15, 0.2) is 47.5 Å². The number of sulfone groups is 1. The van der Waals surface area contributed by atoms with E-state index in [9.17, 15) is 22.9 Å². The van der Waals surface area contributed by atoms with E-state index in [1.165, 1.54) is 30.3 Å². The lowest BCUT2D eigenvalue weighted by molar-refractivity contribution is -0.384. The van der Waals surface area contributed by atoms with Crippen molar-refractivity contribution in [3.05, 3.63) is 75.1 Å². The molecule has 0 amide bonds. The number of nitrogens with zero attached hydrogens (tertiary/aromatic N) is 2. The highest BCUT2D eigenvalue weighted by Gasteiger charge is 2.11. The maximum atomic E-state index is 13.6. The average molecular weight is 550 g/mol. The lowest BCUT2D eigenvalue weighted by Crippen LogP contribution is -2.37. The van der Waals surface area contributed by atoms with Crippen LogP contribution in [0.2, 0.25) is 0 Å². The van der Waals surface area contributed by atoms with Crippen molar-refractivity contribution in [2.75, 3.05) is 12.8 Å². The van der Waals surface area contributed by atoms with Gasteiger partial charge >= 0.3 is 0 Å². The molecule has 0 saturated heterocycles. The number of benzene rings is 2. The lowest BCUT2D eigenvalue weighted by atomic mass is 10.1. The Balaban J connectivity index is 0.00000450. The summed E-state index contributed by atoms with van der Waals surface area (Å²) in [5.41, 5.74) is 1.67. The monoisotopic (exact) mass is 550 g/mol. The summed E-state index contributed by atoms with van der Waals surface area (Å²) in [5.74, 6) is -0.225. The molecule has 164 valence electrons. The number of nitrogens with one attached hydrogen (secondary N) is 2. The van der Waals surface area contributed by atoms with Crippen LogP contribution in [0.5, 0.6) is 0 Å². The first-order valence-corrected chi connectivity index (χ1v) is 10.9. The van der Waals surface area contributed by atoms with Gasteiger partial charge in [-0.1, -0.05) is 18.2 Å². The van der Waals surface area contributed by atoms with Crippen LogP contribution in [0.3, 0.4) is 0 Å². The van der Waals surface area contributed by atoms with Crippen LogP contribution in [0.25, 0.3) is 0 Å². The van der Waals surface area contributed by atoms with Gasteiger partial charge < -0.3 is 10.6 Å². The largest absolute Gasteiger partial charge is 0.357 e. The van der Waals surface area contributed by atoms with Gasteiger partial charge in [-0.05, 0) is 35.7 Å². The molecule has 0 unspecified atom stereocenters. The second-order valence-electron chi connectivity index (χ2n) is 6.46. The standard InChI is InChI=1S/C19H23FN4O4S.HI/c1-3-21-19(22-11-14-5-4-6-18(9-14)24(25)26)23-12-16-10-17(20)8-7-15(16)13-29(2,27)28;/h4-10H,3,11-13H2,1-2H3,(H2,21,22,23);1H. The molecular weight excluding hydrogens is 526 g/mol. The molecule has 0 atom stereocenters. The van der Waals surface area contributed by atoms with Gasteiger partial charge in [0.05, 0.1) is 17.2 Å². The normalized spacial score (nSPS) is 11.5. The molecule has 2 rings (SSSR count). The highest BCUT2D eigenvalue weighted by Crippen LogP contribution is 2.15. The zero-order valence-corrected chi connectivity index (χ0v) is 19.7. The fourth-order valence-electron chi connectivity index (χ4n) is 2.64. The quantitative estimate of drug-likeness (QED) is 0.172. The summed E-state index contributed by atoms with van der Waals surface area (Å²) < 4.78 is 36.9. The molecule has 30 heavy (non-hydrogen) atoms. The first kappa shape index (κ1) is 25.8.